The number of hydrogen-bond donors (Lipinski definition) is 0. The Balaban J connectivity index is 5.51. The molecule has 0 bridgehead atoms. The number of nitrogens with zero attached hydrogens (tertiary/aromatic N) is 3. The van der Waals surface area contributed by atoms with Crippen LogP contribution in [0.3, 0.4) is 0 Å². The molecule has 3 nitrogen and oxygen atoms in total. The summed E-state index contributed by atoms with van der Waals surface area (Å²) in [4.78, 5) is 4.96. The van der Waals surface area contributed by atoms with E-state index in [9.17, 15) is 0 Å². The van der Waals surface area contributed by atoms with Crippen molar-refractivity contribution in [1.29, 1.82) is 0 Å². The van der Waals surface area contributed by atoms with Gasteiger partial charge in [0, 0.05) is 39.3 Å². The second-order valence-corrected chi connectivity index (χ2v) is 6.55. The van der Waals surface area contributed by atoms with Crippen LogP contribution in [-0.4, -0.2) is 59.6 Å². The third-order valence-electron chi connectivity index (χ3n) is 3.41. The summed E-state index contributed by atoms with van der Waals surface area (Å²) in [6.45, 7) is 19.8. The Hall–Kier alpha value is 0. The maximum absolute atomic E-state index is 2.48. The second kappa shape index (κ2) is 11.6. The summed E-state index contributed by atoms with van der Waals surface area (Å²) >= 11 is 3.78. The predicted molar refractivity (Wildman–Crippen MR) is 96.9 cm³/mol. The molecule has 0 aromatic rings. The molecule has 0 unspecified atom stereocenters. The van der Waals surface area contributed by atoms with Crippen LogP contribution in [0.1, 0.15) is 41.5 Å². The molecule has 0 atom stereocenters. The Morgan fingerprint density at radius 1 is 0.700 bits per heavy atom. The van der Waals surface area contributed by atoms with Gasteiger partial charge in [0.15, 0.2) is 0 Å². The summed E-state index contributed by atoms with van der Waals surface area (Å²) < 4.78 is 3.83. The number of hydrogen-bond acceptors (Lipinski definition) is 5. The SMILES string of the molecule is CCN(CC)SC(SC)=C(N(CC)CC)N(CC)CC. The zero-order valence-electron chi connectivity index (χ0n) is 14.4. The van der Waals surface area contributed by atoms with Crippen LogP contribution >= 0.6 is 23.7 Å². The fourth-order valence-electron chi connectivity index (χ4n) is 2.14. The van der Waals surface area contributed by atoms with E-state index in [1.807, 2.05) is 23.7 Å². The molecule has 0 amide bonds. The van der Waals surface area contributed by atoms with E-state index in [2.05, 4.69) is 61.9 Å². The predicted octanol–water partition coefficient (Wildman–Crippen LogP) is 4.15. The first-order chi connectivity index (χ1) is 9.62. The third kappa shape index (κ3) is 5.78. The summed E-state index contributed by atoms with van der Waals surface area (Å²) in [7, 11) is 0. The summed E-state index contributed by atoms with van der Waals surface area (Å²) in [6.07, 6.45) is 2.19. The molecule has 0 saturated carbocycles. The summed E-state index contributed by atoms with van der Waals surface area (Å²) in [5, 5.41) is 0. The molecule has 5 heteroatoms. The number of rotatable bonds is 11. The summed E-state index contributed by atoms with van der Waals surface area (Å²) in [6, 6.07) is 0. The van der Waals surface area contributed by atoms with Gasteiger partial charge in [0.05, 0.1) is 4.24 Å². The van der Waals surface area contributed by atoms with Crippen LogP contribution in [0.25, 0.3) is 0 Å². The highest BCUT2D eigenvalue weighted by molar-refractivity contribution is 8.21. The van der Waals surface area contributed by atoms with E-state index in [0.717, 1.165) is 39.3 Å². The number of thioether (sulfide) groups is 1. The zero-order chi connectivity index (χ0) is 15.5. The van der Waals surface area contributed by atoms with Gasteiger partial charge < -0.3 is 9.80 Å². The zero-order valence-corrected chi connectivity index (χ0v) is 16.0. The average molecular weight is 320 g/mol. The van der Waals surface area contributed by atoms with Crippen molar-refractivity contribution < 1.29 is 0 Å². The molecule has 0 aliphatic carbocycles. The molecular weight excluding hydrogens is 286 g/mol. The monoisotopic (exact) mass is 319 g/mol. The molecule has 0 rings (SSSR count). The maximum atomic E-state index is 2.48. The Morgan fingerprint density at radius 3 is 1.35 bits per heavy atom. The summed E-state index contributed by atoms with van der Waals surface area (Å²) in [5.41, 5.74) is 0. The van der Waals surface area contributed by atoms with Crippen molar-refractivity contribution in [2.75, 3.05) is 45.5 Å². The second-order valence-electron chi connectivity index (χ2n) is 4.37. The quantitative estimate of drug-likeness (QED) is 0.528. The van der Waals surface area contributed by atoms with Crippen LogP contribution in [0, 0.1) is 0 Å². The van der Waals surface area contributed by atoms with Gasteiger partial charge in [-0.25, -0.2) is 4.31 Å². The molecule has 0 fully saturated rings. The first-order valence-corrected chi connectivity index (χ1v) is 9.83. The Morgan fingerprint density at radius 2 is 1.10 bits per heavy atom. The van der Waals surface area contributed by atoms with Gasteiger partial charge in [0.2, 0.25) is 0 Å². The van der Waals surface area contributed by atoms with Gasteiger partial charge >= 0.3 is 0 Å². The van der Waals surface area contributed by atoms with E-state index in [1.54, 1.807) is 0 Å². The highest BCUT2D eigenvalue weighted by atomic mass is 32.2. The standard InChI is InChI=1S/C15H33N3S2/c1-8-16(9-2)14(17(10-3)11-4)15(19-7)20-18(12-5)13-6/h8-13H2,1-7H3. The van der Waals surface area contributed by atoms with Crippen LogP contribution in [0.2, 0.25) is 0 Å². The van der Waals surface area contributed by atoms with E-state index in [0.29, 0.717) is 0 Å². The fraction of sp³-hybridized carbons (Fsp3) is 0.867. The lowest BCUT2D eigenvalue weighted by Crippen LogP contribution is -2.36. The minimum Gasteiger partial charge on any atom is -0.357 e. The molecule has 120 valence electrons. The third-order valence-corrected chi connectivity index (χ3v) is 5.81. The van der Waals surface area contributed by atoms with Gasteiger partial charge in [0.1, 0.15) is 5.82 Å². The lowest BCUT2D eigenvalue weighted by atomic mass is 10.4. The van der Waals surface area contributed by atoms with Crippen molar-refractivity contribution in [3.05, 3.63) is 10.1 Å². The van der Waals surface area contributed by atoms with Gasteiger partial charge in [-0.15, -0.1) is 11.8 Å². The van der Waals surface area contributed by atoms with E-state index in [1.165, 1.54) is 10.1 Å². The van der Waals surface area contributed by atoms with E-state index in [-0.39, 0.29) is 0 Å². The Labute approximate surface area is 135 Å². The van der Waals surface area contributed by atoms with Crippen molar-refractivity contribution in [3.8, 4) is 0 Å². The van der Waals surface area contributed by atoms with Crippen LogP contribution in [0.4, 0.5) is 0 Å². The molecule has 0 radical (unpaired) electrons. The molecule has 0 saturated heterocycles. The van der Waals surface area contributed by atoms with Gasteiger partial charge in [0.25, 0.3) is 0 Å². The Kier molecular flexibility index (Phi) is 11.6. The van der Waals surface area contributed by atoms with Crippen molar-refractivity contribution in [2.45, 2.75) is 41.5 Å². The minimum atomic E-state index is 1.06. The van der Waals surface area contributed by atoms with Crippen molar-refractivity contribution >= 4 is 23.7 Å². The van der Waals surface area contributed by atoms with Crippen LogP contribution in [0.5, 0.6) is 0 Å². The molecule has 0 N–H and O–H groups in total. The fourth-order valence-corrected chi connectivity index (χ4v) is 4.03. The lowest BCUT2D eigenvalue weighted by molar-refractivity contribution is 0.235. The van der Waals surface area contributed by atoms with Gasteiger partial charge in [-0.1, -0.05) is 13.8 Å². The van der Waals surface area contributed by atoms with Crippen molar-refractivity contribution in [2.24, 2.45) is 0 Å². The van der Waals surface area contributed by atoms with Gasteiger partial charge in [-0.2, -0.15) is 0 Å². The minimum absolute atomic E-state index is 1.06. The molecule has 0 aliphatic heterocycles. The normalized spacial score (nSPS) is 10.8. The smallest absolute Gasteiger partial charge is 0.126 e. The Bertz CT molecular complexity index is 256. The van der Waals surface area contributed by atoms with Crippen LogP contribution < -0.4 is 0 Å². The first kappa shape index (κ1) is 20.0. The highest BCUT2D eigenvalue weighted by Gasteiger charge is 2.19. The van der Waals surface area contributed by atoms with Crippen molar-refractivity contribution in [1.82, 2.24) is 14.1 Å². The van der Waals surface area contributed by atoms with Crippen LogP contribution in [0.15, 0.2) is 10.1 Å². The molecule has 20 heavy (non-hydrogen) atoms. The van der Waals surface area contributed by atoms with E-state index in [4.69, 9.17) is 0 Å². The first-order valence-electron chi connectivity index (χ1n) is 7.84. The lowest BCUT2D eigenvalue weighted by Gasteiger charge is -2.36. The molecular formula is C15H33N3S2. The van der Waals surface area contributed by atoms with Crippen molar-refractivity contribution in [3.63, 3.8) is 0 Å². The van der Waals surface area contributed by atoms with Gasteiger partial charge in [-0.05, 0) is 45.9 Å². The molecule has 0 spiro atoms. The topological polar surface area (TPSA) is 9.72 Å². The molecule has 0 aromatic heterocycles. The molecule has 0 aliphatic rings. The molecule has 0 heterocycles. The summed E-state index contributed by atoms with van der Waals surface area (Å²) in [5.74, 6) is 1.41. The molecule has 0 aromatic carbocycles. The maximum Gasteiger partial charge on any atom is 0.126 e. The van der Waals surface area contributed by atoms with Gasteiger partial charge in [-0.3, -0.25) is 0 Å². The highest BCUT2D eigenvalue weighted by Crippen LogP contribution is 2.35. The van der Waals surface area contributed by atoms with E-state index >= 15 is 0 Å². The van der Waals surface area contributed by atoms with Crippen LogP contribution in [-0.2, 0) is 0 Å². The average Bonchev–Trinajstić information content (AvgIpc) is 2.49. The largest absolute Gasteiger partial charge is 0.357 e. The van der Waals surface area contributed by atoms with E-state index < -0.39 is 0 Å².